The summed E-state index contributed by atoms with van der Waals surface area (Å²) in [6.07, 6.45) is 0. The van der Waals surface area contributed by atoms with E-state index >= 15 is 0 Å². The second-order valence-corrected chi connectivity index (χ2v) is 0. The Morgan fingerprint density at radius 3 is 0.750 bits per heavy atom. The van der Waals surface area contributed by atoms with Gasteiger partial charge in [0, 0.05) is 34.1 Å². The van der Waals surface area contributed by atoms with E-state index in [-0.39, 0.29) is 101 Å². The maximum atomic E-state index is 0. The second kappa shape index (κ2) is 16.8. The second-order valence-electron chi connectivity index (χ2n) is 0. The molecule has 0 aromatic rings. The van der Waals surface area contributed by atoms with E-state index in [4.69, 9.17) is 0 Å². The molecule has 4 heteroatoms. The van der Waals surface area contributed by atoms with Crippen molar-refractivity contribution in [1.29, 1.82) is 0 Å². The summed E-state index contributed by atoms with van der Waals surface area (Å²) in [7, 11) is 0. The van der Waals surface area contributed by atoms with Crippen molar-refractivity contribution in [2.45, 2.75) is 0 Å². The van der Waals surface area contributed by atoms with Gasteiger partial charge in [-0.3, -0.25) is 0 Å². The molecule has 0 aliphatic heterocycles. The first-order valence-corrected chi connectivity index (χ1v) is 0. The molecule has 0 N–H and O–H groups in total. The van der Waals surface area contributed by atoms with Gasteiger partial charge in [-0.25, -0.2) is 0 Å². The Morgan fingerprint density at radius 2 is 0.750 bits per heavy atom. The summed E-state index contributed by atoms with van der Waals surface area (Å²) >= 11 is 0. The molecule has 0 fully saturated rings. The van der Waals surface area contributed by atoms with Crippen LogP contribution < -0.4 is 0 Å². The Kier molecular flexibility index (Phi) is 120. The van der Waals surface area contributed by atoms with Gasteiger partial charge in [-0.2, -0.15) is 0 Å². The summed E-state index contributed by atoms with van der Waals surface area (Å²) in [5.74, 6) is 0. The fourth-order valence-electron chi connectivity index (χ4n) is 0. The molecule has 0 rings (SSSR count). The summed E-state index contributed by atoms with van der Waals surface area (Å²) in [6, 6.07) is 0. The van der Waals surface area contributed by atoms with E-state index in [1.54, 1.807) is 0 Å². The van der Waals surface area contributed by atoms with E-state index in [0.717, 1.165) is 0 Å². The fraction of sp³-hybridized carbons (Fsp3) is 0. The molecule has 0 spiro atoms. The third-order valence-corrected chi connectivity index (χ3v) is 0. The van der Waals surface area contributed by atoms with Crippen molar-refractivity contribution in [1.82, 2.24) is 0 Å². The molecule has 4 heavy (non-hydrogen) atoms. The Labute approximate surface area is 98.2 Å². The van der Waals surface area contributed by atoms with Crippen LogP contribution in [-0.4, -0.2) is 66.6 Å². The third-order valence-electron chi connectivity index (χ3n) is 0. The molecule has 0 aromatic heterocycles. The van der Waals surface area contributed by atoms with Gasteiger partial charge in [0.25, 0.3) is 0 Å². The van der Waals surface area contributed by atoms with E-state index in [1.807, 2.05) is 0 Å². The summed E-state index contributed by atoms with van der Waals surface area (Å²) in [4.78, 5) is 0. The third kappa shape index (κ3) is 8.86. The van der Waals surface area contributed by atoms with Crippen LogP contribution in [0.15, 0.2) is 0 Å². The monoisotopic (exact) mass is 212 g/mol. The first-order chi connectivity index (χ1) is 0. The predicted molar refractivity (Wildman–Crippen MR) is 17.1 cm³/mol. The molecule has 0 saturated carbocycles. The van der Waals surface area contributed by atoms with Gasteiger partial charge in [-0.1, -0.05) is 0 Å². The summed E-state index contributed by atoms with van der Waals surface area (Å²) in [5, 5.41) is 0. The fourth-order valence-corrected chi connectivity index (χ4v) is 0. The molecule has 0 atom stereocenters. The van der Waals surface area contributed by atoms with E-state index < -0.39 is 0 Å². The zero-order valence-corrected chi connectivity index (χ0v) is 2.92. The van der Waals surface area contributed by atoms with E-state index in [1.165, 1.54) is 0 Å². The molecular weight excluding hydrogens is 208 g/mol. The van der Waals surface area contributed by atoms with Crippen LogP contribution in [0, 0.1) is 0 Å². The molecule has 0 heterocycles. The Bertz CT molecular complexity index is 6.00. The van der Waals surface area contributed by atoms with Crippen molar-refractivity contribution >= 4 is 66.6 Å². The number of hydrogen-bond donors (Lipinski definition) is 0. The number of rotatable bonds is 0. The number of hydrogen-bond acceptors (Lipinski definition) is 0. The first kappa shape index (κ1) is 28.5. The van der Waals surface area contributed by atoms with Crippen LogP contribution >= 0.6 is 0 Å². The van der Waals surface area contributed by atoms with Crippen molar-refractivity contribution in [3.63, 3.8) is 0 Å². The quantitative estimate of drug-likeness (QED) is 0.414. The predicted octanol–water partition coefficient (Wildman–Crippen LogP) is -1.84. The zero-order valence-electron chi connectivity index (χ0n) is 0.707. The van der Waals surface area contributed by atoms with E-state index in [2.05, 4.69) is 0 Å². The van der Waals surface area contributed by atoms with Gasteiger partial charge in [-0.05, 0) is 0 Å². The summed E-state index contributed by atoms with van der Waals surface area (Å²) in [5.41, 5.74) is 0. The van der Waals surface area contributed by atoms with Gasteiger partial charge in [0.1, 0.15) is 0 Å². The summed E-state index contributed by atoms with van der Waals surface area (Å²) < 4.78 is 0. The molecular formula is H4BFe2Rb. The van der Waals surface area contributed by atoms with Gasteiger partial charge < -0.3 is 0 Å². The Balaban J connectivity index is 0. The molecule has 0 saturated heterocycles. The molecule has 0 amide bonds. The summed E-state index contributed by atoms with van der Waals surface area (Å²) in [6.45, 7) is 0. The minimum atomic E-state index is 0. The Hall–Kier alpha value is 2.91. The minimum absolute atomic E-state index is 0. The Morgan fingerprint density at radius 1 is 0.750 bits per heavy atom. The van der Waals surface area contributed by atoms with Crippen molar-refractivity contribution < 1.29 is 34.1 Å². The van der Waals surface area contributed by atoms with Gasteiger partial charge in [0.2, 0.25) is 0 Å². The normalized spacial score (nSPS) is 0. The average molecular weight is 212 g/mol. The molecule has 24 valence electrons. The first-order valence-electron chi connectivity index (χ1n) is 0. The standard InChI is InChI=1S/BH3.2Fe.Rb.H/h1H3;;;;. The molecule has 0 aliphatic rings. The van der Waals surface area contributed by atoms with Crippen LogP contribution in [0.25, 0.3) is 0 Å². The van der Waals surface area contributed by atoms with Crippen LogP contribution in [0.1, 0.15) is 0 Å². The molecule has 0 bridgehead atoms. The van der Waals surface area contributed by atoms with Crippen molar-refractivity contribution in [2.75, 3.05) is 0 Å². The van der Waals surface area contributed by atoms with Crippen LogP contribution in [0.2, 0.25) is 0 Å². The molecule has 0 radical (unpaired) electrons. The van der Waals surface area contributed by atoms with Crippen LogP contribution in [0.4, 0.5) is 0 Å². The SMILES string of the molecule is B.[Fe].[Fe].[RbH]. The molecule has 0 nitrogen and oxygen atoms in total. The average Bonchev–Trinajstić information content (AvgIpc) is 0. The van der Waals surface area contributed by atoms with Gasteiger partial charge in [0.05, 0.1) is 8.41 Å². The maximum absolute atomic E-state index is 0. The topological polar surface area (TPSA) is 0 Å². The van der Waals surface area contributed by atoms with Crippen LogP contribution in [0.3, 0.4) is 0 Å². The zero-order chi connectivity index (χ0) is 0. The van der Waals surface area contributed by atoms with Crippen LogP contribution in [-0.2, 0) is 34.1 Å². The van der Waals surface area contributed by atoms with Gasteiger partial charge in [0.15, 0.2) is 0 Å². The molecule has 0 unspecified atom stereocenters. The van der Waals surface area contributed by atoms with Gasteiger partial charge in [-0.15, -0.1) is 0 Å². The van der Waals surface area contributed by atoms with Crippen LogP contribution in [0.5, 0.6) is 0 Å². The van der Waals surface area contributed by atoms with Crippen molar-refractivity contribution in [3.8, 4) is 0 Å². The van der Waals surface area contributed by atoms with Gasteiger partial charge >= 0.3 is 58.2 Å². The van der Waals surface area contributed by atoms with Crippen molar-refractivity contribution in [2.24, 2.45) is 0 Å². The van der Waals surface area contributed by atoms with Crippen molar-refractivity contribution in [3.05, 3.63) is 0 Å². The van der Waals surface area contributed by atoms with E-state index in [0.29, 0.717) is 0 Å². The van der Waals surface area contributed by atoms with E-state index in [9.17, 15) is 0 Å². The molecule has 0 aromatic carbocycles. The molecule has 0 aliphatic carbocycles.